The predicted molar refractivity (Wildman–Crippen MR) is 108 cm³/mol. The standard InChI is InChI=1S/C19H22Cl2N2O2S/c1-12(2)10-17(19(25)22-8-7-14-4-3-9-26-14)23-18(24)15-6-5-13(20)11-16(15)21/h3-6,9,11-12,17H,7-8,10H2,1-2H3,(H,22,25)(H,23,24). The summed E-state index contributed by atoms with van der Waals surface area (Å²) in [6.45, 7) is 4.55. The number of hydrogen-bond donors (Lipinski definition) is 2. The van der Waals surface area contributed by atoms with Crippen molar-refractivity contribution in [1.82, 2.24) is 10.6 Å². The molecule has 7 heteroatoms. The van der Waals surface area contributed by atoms with E-state index in [4.69, 9.17) is 23.2 Å². The minimum absolute atomic E-state index is 0.186. The van der Waals surface area contributed by atoms with Crippen LogP contribution in [0.2, 0.25) is 10.0 Å². The zero-order valence-corrected chi connectivity index (χ0v) is 17.0. The minimum atomic E-state index is -0.613. The average molecular weight is 413 g/mol. The second kappa shape index (κ2) is 9.95. The number of amides is 2. The Labute approximate surface area is 167 Å². The summed E-state index contributed by atoms with van der Waals surface area (Å²) in [5.41, 5.74) is 0.302. The Balaban J connectivity index is 1.98. The van der Waals surface area contributed by atoms with Crippen LogP contribution in [0.3, 0.4) is 0 Å². The van der Waals surface area contributed by atoms with Crippen LogP contribution in [-0.2, 0) is 11.2 Å². The van der Waals surface area contributed by atoms with Crippen molar-refractivity contribution in [3.63, 3.8) is 0 Å². The first-order valence-corrected chi connectivity index (χ1v) is 10.1. The van der Waals surface area contributed by atoms with Crippen molar-refractivity contribution >= 4 is 46.4 Å². The molecule has 0 radical (unpaired) electrons. The number of thiophene rings is 1. The average Bonchev–Trinajstić information content (AvgIpc) is 3.06. The summed E-state index contributed by atoms with van der Waals surface area (Å²) < 4.78 is 0. The van der Waals surface area contributed by atoms with Gasteiger partial charge in [-0.3, -0.25) is 9.59 Å². The molecular weight excluding hydrogens is 391 g/mol. The molecule has 0 bridgehead atoms. The Hall–Kier alpha value is -1.56. The number of benzene rings is 1. The van der Waals surface area contributed by atoms with E-state index < -0.39 is 6.04 Å². The second-order valence-corrected chi connectivity index (χ2v) is 8.28. The van der Waals surface area contributed by atoms with Crippen molar-refractivity contribution in [2.24, 2.45) is 5.92 Å². The number of halogens is 2. The maximum absolute atomic E-state index is 12.5. The number of rotatable bonds is 8. The molecule has 2 aromatic rings. The van der Waals surface area contributed by atoms with E-state index in [2.05, 4.69) is 10.6 Å². The summed E-state index contributed by atoms with van der Waals surface area (Å²) >= 11 is 13.6. The number of carbonyl (C=O) groups excluding carboxylic acids is 2. The highest BCUT2D eigenvalue weighted by molar-refractivity contribution is 7.09. The van der Waals surface area contributed by atoms with Crippen LogP contribution < -0.4 is 10.6 Å². The molecule has 1 aromatic carbocycles. The lowest BCUT2D eigenvalue weighted by Gasteiger charge is -2.20. The Bertz CT molecular complexity index is 748. The van der Waals surface area contributed by atoms with E-state index >= 15 is 0 Å². The summed E-state index contributed by atoms with van der Waals surface area (Å²) in [6.07, 6.45) is 1.32. The monoisotopic (exact) mass is 412 g/mol. The van der Waals surface area contributed by atoms with Crippen LogP contribution in [0.15, 0.2) is 35.7 Å². The molecule has 26 heavy (non-hydrogen) atoms. The van der Waals surface area contributed by atoms with Crippen LogP contribution in [-0.4, -0.2) is 24.4 Å². The molecule has 2 rings (SSSR count). The zero-order chi connectivity index (χ0) is 19.1. The minimum Gasteiger partial charge on any atom is -0.354 e. The van der Waals surface area contributed by atoms with Gasteiger partial charge in [-0.05, 0) is 48.4 Å². The van der Waals surface area contributed by atoms with Crippen molar-refractivity contribution in [3.05, 3.63) is 56.2 Å². The van der Waals surface area contributed by atoms with E-state index in [1.54, 1.807) is 23.5 Å². The molecule has 4 nitrogen and oxygen atoms in total. The van der Waals surface area contributed by atoms with Gasteiger partial charge in [-0.2, -0.15) is 0 Å². The maximum Gasteiger partial charge on any atom is 0.253 e. The van der Waals surface area contributed by atoms with Crippen LogP contribution in [0.5, 0.6) is 0 Å². The summed E-state index contributed by atoms with van der Waals surface area (Å²) in [4.78, 5) is 26.3. The number of hydrogen-bond acceptors (Lipinski definition) is 3. The van der Waals surface area contributed by atoms with Crippen molar-refractivity contribution in [1.29, 1.82) is 0 Å². The second-order valence-electron chi connectivity index (χ2n) is 6.40. The molecule has 1 aromatic heterocycles. The topological polar surface area (TPSA) is 58.2 Å². The van der Waals surface area contributed by atoms with Crippen molar-refractivity contribution < 1.29 is 9.59 Å². The summed E-state index contributed by atoms with van der Waals surface area (Å²) in [5, 5.41) is 8.42. The smallest absolute Gasteiger partial charge is 0.253 e. The highest BCUT2D eigenvalue weighted by Gasteiger charge is 2.23. The summed E-state index contributed by atoms with van der Waals surface area (Å²) in [7, 11) is 0. The maximum atomic E-state index is 12.5. The number of nitrogens with one attached hydrogen (secondary N) is 2. The summed E-state index contributed by atoms with van der Waals surface area (Å²) in [5.74, 6) is -0.316. The van der Waals surface area contributed by atoms with Crippen LogP contribution in [0.1, 0.15) is 35.5 Å². The molecule has 0 aliphatic heterocycles. The van der Waals surface area contributed by atoms with E-state index in [-0.39, 0.29) is 22.8 Å². The molecule has 0 spiro atoms. The fourth-order valence-corrected chi connectivity index (χ4v) is 3.70. The largest absolute Gasteiger partial charge is 0.354 e. The Morgan fingerprint density at radius 1 is 1.19 bits per heavy atom. The molecule has 2 N–H and O–H groups in total. The van der Waals surface area contributed by atoms with E-state index in [9.17, 15) is 9.59 Å². The Kier molecular flexibility index (Phi) is 7.94. The van der Waals surface area contributed by atoms with Gasteiger partial charge in [-0.1, -0.05) is 43.1 Å². The van der Waals surface area contributed by atoms with Gasteiger partial charge in [0.15, 0.2) is 0 Å². The van der Waals surface area contributed by atoms with Crippen LogP contribution in [0.4, 0.5) is 0 Å². The number of carbonyl (C=O) groups is 2. The predicted octanol–water partition coefficient (Wildman–Crippen LogP) is 4.56. The molecule has 0 saturated carbocycles. The van der Waals surface area contributed by atoms with E-state index in [1.807, 2.05) is 31.4 Å². The first-order valence-electron chi connectivity index (χ1n) is 8.43. The van der Waals surface area contributed by atoms with E-state index in [1.165, 1.54) is 10.9 Å². The van der Waals surface area contributed by atoms with Gasteiger partial charge in [-0.25, -0.2) is 0 Å². The normalized spacial score (nSPS) is 12.0. The van der Waals surface area contributed by atoms with Crippen LogP contribution in [0.25, 0.3) is 0 Å². The molecule has 1 atom stereocenters. The lowest BCUT2D eigenvalue weighted by molar-refractivity contribution is -0.123. The first-order chi connectivity index (χ1) is 12.4. The lowest BCUT2D eigenvalue weighted by Crippen LogP contribution is -2.47. The molecule has 0 aliphatic carbocycles. The molecule has 1 unspecified atom stereocenters. The van der Waals surface area contributed by atoms with Gasteiger partial charge in [0.05, 0.1) is 10.6 Å². The van der Waals surface area contributed by atoms with Gasteiger partial charge in [0, 0.05) is 16.4 Å². The fourth-order valence-electron chi connectivity index (χ4n) is 2.50. The van der Waals surface area contributed by atoms with Gasteiger partial charge in [0.1, 0.15) is 6.04 Å². The van der Waals surface area contributed by atoms with Crippen LogP contribution >= 0.6 is 34.5 Å². The highest BCUT2D eigenvalue weighted by Crippen LogP contribution is 2.21. The van der Waals surface area contributed by atoms with E-state index in [0.717, 1.165) is 6.42 Å². The molecule has 140 valence electrons. The Morgan fingerprint density at radius 3 is 2.58 bits per heavy atom. The van der Waals surface area contributed by atoms with Gasteiger partial charge < -0.3 is 10.6 Å². The van der Waals surface area contributed by atoms with Gasteiger partial charge >= 0.3 is 0 Å². The van der Waals surface area contributed by atoms with Gasteiger partial charge in [-0.15, -0.1) is 11.3 Å². The third-order valence-electron chi connectivity index (χ3n) is 3.76. The fraction of sp³-hybridized carbons (Fsp3) is 0.368. The molecule has 0 fully saturated rings. The van der Waals surface area contributed by atoms with E-state index in [0.29, 0.717) is 23.6 Å². The first kappa shape index (κ1) is 20.7. The molecule has 2 amide bonds. The zero-order valence-electron chi connectivity index (χ0n) is 14.7. The quantitative estimate of drug-likeness (QED) is 0.667. The van der Waals surface area contributed by atoms with Crippen molar-refractivity contribution in [2.75, 3.05) is 6.54 Å². The summed E-state index contributed by atoms with van der Waals surface area (Å²) in [6, 6.07) is 8.07. The third-order valence-corrected chi connectivity index (χ3v) is 5.24. The third kappa shape index (κ3) is 6.31. The van der Waals surface area contributed by atoms with Gasteiger partial charge in [0.25, 0.3) is 5.91 Å². The van der Waals surface area contributed by atoms with Gasteiger partial charge in [0.2, 0.25) is 5.91 Å². The van der Waals surface area contributed by atoms with Crippen LogP contribution in [0, 0.1) is 5.92 Å². The SMILES string of the molecule is CC(C)CC(NC(=O)c1ccc(Cl)cc1Cl)C(=O)NCCc1cccs1. The molecule has 0 saturated heterocycles. The lowest BCUT2D eigenvalue weighted by atomic mass is 10.0. The molecule has 0 aliphatic rings. The van der Waals surface area contributed by atoms with Crippen molar-refractivity contribution in [2.45, 2.75) is 32.7 Å². The highest BCUT2D eigenvalue weighted by atomic mass is 35.5. The molecule has 1 heterocycles. The molecular formula is C19H22Cl2N2O2S. The van der Waals surface area contributed by atoms with Crippen molar-refractivity contribution in [3.8, 4) is 0 Å². The Morgan fingerprint density at radius 2 is 1.96 bits per heavy atom.